The molecule has 5 nitrogen and oxygen atoms in total. The second kappa shape index (κ2) is 6.90. The maximum absolute atomic E-state index is 4.24. The van der Waals surface area contributed by atoms with E-state index in [-0.39, 0.29) is 0 Å². The summed E-state index contributed by atoms with van der Waals surface area (Å²) in [6.07, 6.45) is 5.40. The second-order valence-electron chi connectivity index (χ2n) is 3.82. The molecule has 0 aliphatic carbocycles. The van der Waals surface area contributed by atoms with Crippen molar-refractivity contribution in [2.24, 2.45) is 0 Å². The molecule has 2 heterocycles. The Morgan fingerprint density at radius 2 is 1.89 bits per heavy atom. The SMILES string of the molecule is CCCNc1cc(NCCc2nccs2)ncn1. The van der Waals surface area contributed by atoms with Crippen LogP contribution in [0.4, 0.5) is 11.6 Å². The fourth-order valence-electron chi connectivity index (χ4n) is 1.48. The van der Waals surface area contributed by atoms with Gasteiger partial charge in [-0.1, -0.05) is 6.92 Å². The molecule has 0 unspecified atom stereocenters. The van der Waals surface area contributed by atoms with Gasteiger partial charge in [0.15, 0.2) is 0 Å². The van der Waals surface area contributed by atoms with E-state index >= 15 is 0 Å². The van der Waals surface area contributed by atoms with Gasteiger partial charge in [-0.05, 0) is 6.42 Å². The van der Waals surface area contributed by atoms with Gasteiger partial charge in [-0.25, -0.2) is 15.0 Å². The number of aromatic nitrogens is 3. The van der Waals surface area contributed by atoms with Gasteiger partial charge in [-0.3, -0.25) is 0 Å². The van der Waals surface area contributed by atoms with E-state index in [4.69, 9.17) is 0 Å². The number of anilines is 2. The maximum atomic E-state index is 4.24. The summed E-state index contributed by atoms with van der Waals surface area (Å²) in [5.41, 5.74) is 0. The third-order valence-corrected chi connectivity index (χ3v) is 3.19. The van der Waals surface area contributed by atoms with E-state index < -0.39 is 0 Å². The summed E-state index contributed by atoms with van der Waals surface area (Å²) in [4.78, 5) is 12.6. The predicted octanol–water partition coefficient (Wildman–Crippen LogP) is 2.41. The summed E-state index contributed by atoms with van der Waals surface area (Å²) >= 11 is 1.68. The lowest BCUT2D eigenvalue weighted by molar-refractivity contribution is 0.958. The number of hydrogen-bond donors (Lipinski definition) is 2. The molecule has 0 saturated heterocycles. The van der Waals surface area contributed by atoms with Gasteiger partial charge in [0.1, 0.15) is 18.0 Å². The molecule has 0 fully saturated rings. The van der Waals surface area contributed by atoms with Crippen molar-refractivity contribution in [2.45, 2.75) is 19.8 Å². The lowest BCUT2D eigenvalue weighted by atomic mass is 10.4. The van der Waals surface area contributed by atoms with Crippen LogP contribution in [0, 0.1) is 0 Å². The molecule has 0 atom stereocenters. The van der Waals surface area contributed by atoms with Crippen LogP contribution in [-0.2, 0) is 6.42 Å². The lowest BCUT2D eigenvalue weighted by Crippen LogP contribution is -2.08. The predicted molar refractivity (Wildman–Crippen MR) is 75.1 cm³/mol. The molecule has 0 aliphatic rings. The van der Waals surface area contributed by atoms with Crippen molar-refractivity contribution in [1.82, 2.24) is 15.0 Å². The largest absolute Gasteiger partial charge is 0.370 e. The minimum Gasteiger partial charge on any atom is -0.370 e. The number of nitrogens with zero attached hydrogens (tertiary/aromatic N) is 3. The van der Waals surface area contributed by atoms with Gasteiger partial charge in [0, 0.05) is 37.2 Å². The van der Waals surface area contributed by atoms with Crippen molar-refractivity contribution in [3.63, 3.8) is 0 Å². The Morgan fingerprint density at radius 1 is 1.11 bits per heavy atom. The van der Waals surface area contributed by atoms with Crippen LogP contribution in [-0.4, -0.2) is 28.0 Å². The van der Waals surface area contributed by atoms with Gasteiger partial charge < -0.3 is 10.6 Å². The molecule has 6 heteroatoms. The van der Waals surface area contributed by atoms with Crippen LogP contribution >= 0.6 is 11.3 Å². The number of hydrogen-bond acceptors (Lipinski definition) is 6. The highest BCUT2D eigenvalue weighted by atomic mass is 32.1. The van der Waals surface area contributed by atoms with Gasteiger partial charge in [0.05, 0.1) is 5.01 Å². The number of thiazole rings is 1. The summed E-state index contributed by atoms with van der Waals surface area (Å²) in [6, 6.07) is 1.93. The second-order valence-corrected chi connectivity index (χ2v) is 4.80. The van der Waals surface area contributed by atoms with Crippen molar-refractivity contribution >= 4 is 23.0 Å². The van der Waals surface area contributed by atoms with Crippen LogP contribution in [0.3, 0.4) is 0 Å². The molecule has 2 aromatic heterocycles. The van der Waals surface area contributed by atoms with Crippen molar-refractivity contribution < 1.29 is 0 Å². The van der Waals surface area contributed by atoms with Gasteiger partial charge in [-0.15, -0.1) is 11.3 Å². The van der Waals surface area contributed by atoms with E-state index in [9.17, 15) is 0 Å². The molecule has 0 spiro atoms. The molecular formula is C12H17N5S. The van der Waals surface area contributed by atoms with Crippen molar-refractivity contribution in [2.75, 3.05) is 23.7 Å². The van der Waals surface area contributed by atoms with Gasteiger partial charge in [0.25, 0.3) is 0 Å². The Bertz CT molecular complexity index is 457. The number of rotatable bonds is 7. The topological polar surface area (TPSA) is 62.7 Å². The molecule has 2 rings (SSSR count). The average Bonchev–Trinajstić information content (AvgIpc) is 2.90. The van der Waals surface area contributed by atoms with Crippen LogP contribution in [0.25, 0.3) is 0 Å². The van der Waals surface area contributed by atoms with Crippen LogP contribution in [0.15, 0.2) is 24.0 Å². The van der Waals surface area contributed by atoms with E-state index in [0.29, 0.717) is 0 Å². The zero-order valence-corrected chi connectivity index (χ0v) is 11.2. The Balaban J connectivity index is 1.81. The van der Waals surface area contributed by atoms with E-state index in [1.165, 1.54) is 0 Å². The third kappa shape index (κ3) is 3.96. The summed E-state index contributed by atoms with van der Waals surface area (Å²) < 4.78 is 0. The first-order chi connectivity index (χ1) is 8.88. The highest BCUT2D eigenvalue weighted by molar-refractivity contribution is 7.09. The standard InChI is InChI=1S/C12H17N5S/c1-2-4-13-10-8-11(17-9-16-10)14-5-3-12-15-6-7-18-12/h6-9H,2-5H2,1H3,(H2,13,14,16,17). The molecule has 96 valence electrons. The first-order valence-corrected chi connectivity index (χ1v) is 6.94. The Hall–Kier alpha value is -1.69. The fraction of sp³-hybridized carbons (Fsp3) is 0.417. The minimum atomic E-state index is 0.831. The van der Waals surface area contributed by atoms with E-state index in [2.05, 4.69) is 32.5 Å². The summed E-state index contributed by atoms with van der Waals surface area (Å²) in [5, 5.41) is 9.65. The summed E-state index contributed by atoms with van der Waals surface area (Å²) in [7, 11) is 0. The highest BCUT2D eigenvalue weighted by Gasteiger charge is 1.99. The zero-order valence-electron chi connectivity index (χ0n) is 10.4. The molecule has 2 aromatic rings. The maximum Gasteiger partial charge on any atom is 0.131 e. The lowest BCUT2D eigenvalue weighted by Gasteiger charge is -2.07. The molecule has 0 bridgehead atoms. The van der Waals surface area contributed by atoms with E-state index in [1.54, 1.807) is 17.7 Å². The molecule has 0 radical (unpaired) electrons. The van der Waals surface area contributed by atoms with Crippen molar-refractivity contribution in [1.29, 1.82) is 0 Å². The van der Waals surface area contributed by atoms with Gasteiger partial charge in [0.2, 0.25) is 0 Å². The highest BCUT2D eigenvalue weighted by Crippen LogP contribution is 2.09. The third-order valence-electron chi connectivity index (χ3n) is 2.35. The molecule has 2 N–H and O–H groups in total. The molecule has 18 heavy (non-hydrogen) atoms. The van der Waals surface area contributed by atoms with Gasteiger partial charge in [-0.2, -0.15) is 0 Å². The molecule has 0 aromatic carbocycles. The first kappa shape index (κ1) is 12.8. The Labute approximate surface area is 111 Å². The van der Waals surface area contributed by atoms with E-state index in [1.807, 2.05) is 17.6 Å². The quantitative estimate of drug-likeness (QED) is 0.803. The number of nitrogens with one attached hydrogen (secondary N) is 2. The van der Waals surface area contributed by atoms with Crippen LogP contribution in [0.1, 0.15) is 18.4 Å². The Kier molecular flexibility index (Phi) is 4.89. The van der Waals surface area contributed by atoms with Crippen LogP contribution in [0.2, 0.25) is 0 Å². The summed E-state index contributed by atoms with van der Waals surface area (Å²) in [6.45, 7) is 3.88. The van der Waals surface area contributed by atoms with Crippen LogP contribution in [0.5, 0.6) is 0 Å². The van der Waals surface area contributed by atoms with E-state index in [0.717, 1.165) is 42.6 Å². The minimum absolute atomic E-state index is 0.831. The smallest absolute Gasteiger partial charge is 0.131 e. The van der Waals surface area contributed by atoms with Gasteiger partial charge >= 0.3 is 0 Å². The molecular weight excluding hydrogens is 246 g/mol. The van der Waals surface area contributed by atoms with Crippen LogP contribution < -0.4 is 10.6 Å². The molecule has 0 aliphatic heterocycles. The fourth-order valence-corrected chi connectivity index (χ4v) is 2.10. The molecule has 0 saturated carbocycles. The zero-order chi connectivity index (χ0) is 12.6. The first-order valence-electron chi connectivity index (χ1n) is 6.06. The average molecular weight is 263 g/mol. The summed E-state index contributed by atoms with van der Waals surface area (Å²) in [5.74, 6) is 1.71. The molecule has 0 amide bonds. The Morgan fingerprint density at radius 3 is 2.56 bits per heavy atom. The normalized spacial score (nSPS) is 10.3. The monoisotopic (exact) mass is 263 g/mol. The van der Waals surface area contributed by atoms with Crippen molar-refractivity contribution in [3.8, 4) is 0 Å². The van der Waals surface area contributed by atoms with Crippen molar-refractivity contribution in [3.05, 3.63) is 29.0 Å².